The molecule has 114 valence electrons. The molecule has 1 atom stereocenters. The van der Waals surface area contributed by atoms with Crippen molar-refractivity contribution in [3.8, 4) is 0 Å². The Hall–Kier alpha value is -2.56. The van der Waals surface area contributed by atoms with Crippen LogP contribution in [0, 0.1) is 5.92 Å². The number of amides is 2. The van der Waals surface area contributed by atoms with Crippen LogP contribution in [0.1, 0.15) is 40.7 Å². The van der Waals surface area contributed by atoms with Gasteiger partial charge in [0, 0.05) is 17.3 Å². The fraction of sp³-hybridized carbons (Fsp3) is 0.294. The third-order valence-electron chi connectivity index (χ3n) is 3.84. The molecule has 0 aliphatic heterocycles. The highest BCUT2D eigenvalue weighted by Gasteiger charge is 2.29. The van der Waals surface area contributed by atoms with Crippen LogP contribution in [-0.2, 0) is 0 Å². The van der Waals surface area contributed by atoms with E-state index in [1.165, 1.54) is 19.1 Å². The SMILES string of the molecule is CC(NC(=O)c1ccc(NC(=O)c2ccco2)cc1)C1CC1. The molecule has 22 heavy (non-hydrogen) atoms. The Balaban J connectivity index is 1.59. The molecule has 5 nitrogen and oxygen atoms in total. The molecule has 2 N–H and O–H groups in total. The van der Waals surface area contributed by atoms with Crippen molar-refractivity contribution >= 4 is 17.5 Å². The lowest BCUT2D eigenvalue weighted by Gasteiger charge is -2.13. The Morgan fingerprint density at radius 1 is 1.14 bits per heavy atom. The van der Waals surface area contributed by atoms with E-state index in [1.807, 2.05) is 6.92 Å². The highest BCUT2D eigenvalue weighted by atomic mass is 16.3. The summed E-state index contributed by atoms with van der Waals surface area (Å²) in [5.74, 6) is 0.476. The van der Waals surface area contributed by atoms with Crippen LogP contribution in [0.4, 0.5) is 5.69 Å². The highest BCUT2D eigenvalue weighted by molar-refractivity contribution is 6.02. The molecule has 0 radical (unpaired) electrons. The van der Waals surface area contributed by atoms with Crippen LogP contribution in [0.3, 0.4) is 0 Å². The molecule has 5 heteroatoms. The van der Waals surface area contributed by atoms with Gasteiger partial charge in [-0.15, -0.1) is 0 Å². The van der Waals surface area contributed by atoms with Crippen LogP contribution in [0.15, 0.2) is 47.1 Å². The molecule has 1 aromatic carbocycles. The van der Waals surface area contributed by atoms with Crippen molar-refractivity contribution < 1.29 is 14.0 Å². The molecule has 2 amide bonds. The van der Waals surface area contributed by atoms with Crippen molar-refractivity contribution in [3.05, 3.63) is 54.0 Å². The van der Waals surface area contributed by atoms with Crippen molar-refractivity contribution in [2.75, 3.05) is 5.32 Å². The number of furan rings is 1. The van der Waals surface area contributed by atoms with E-state index in [0.717, 1.165) is 0 Å². The van der Waals surface area contributed by atoms with Crippen LogP contribution in [0.2, 0.25) is 0 Å². The van der Waals surface area contributed by atoms with E-state index >= 15 is 0 Å². The number of nitrogens with one attached hydrogen (secondary N) is 2. The fourth-order valence-corrected chi connectivity index (χ4v) is 2.31. The van der Waals surface area contributed by atoms with Gasteiger partial charge < -0.3 is 15.1 Å². The maximum Gasteiger partial charge on any atom is 0.291 e. The highest BCUT2D eigenvalue weighted by Crippen LogP contribution is 2.32. The summed E-state index contributed by atoms with van der Waals surface area (Å²) < 4.78 is 5.03. The van der Waals surface area contributed by atoms with Crippen LogP contribution >= 0.6 is 0 Å². The van der Waals surface area contributed by atoms with Gasteiger partial charge in [-0.1, -0.05) is 0 Å². The van der Waals surface area contributed by atoms with E-state index in [2.05, 4.69) is 10.6 Å². The first-order valence-corrected chi connectivity index (χ1v) is 7.39. The van der Waals surface area contributed by atoms with E-state index < -0.39 is 0 Å². The molecule has 1 aliphatic rings. The van der Waals surface area contributed by atoms with Gasteiger partial charge in [-0.05, 0) is 62.1 Å². The normalized spacial score (nSPS) is 15.1. The molecule has 1 heterocycles. The first-order chi connectivity index (χ1) is 10.6. The zero-order valence-corrected chi connectivity index (χ0v) is 12.3. The third kappa shape index (κ3) is 3.36. The zero-order chi connectivity index (χ0) is 15.5. The molecule has 1 aromatic heterocycles. The van der Waals surface area contributed by atoms with Gasteiger partial charge in [-0.25, -0.2) is 0 Å². The maximum absolute atomic E-state index is 12.1. The van der Waals surface area contributed by atoms with E-state index in [9.17, 15) is 9.59 Å². The lowest BCUT2D eigenvalue weighted by molar-refractivity contribution is 0.0935. The number of benzene rings is 1. The molecule has 0 spiro atoms. The first-order valence-electron chi connectivity index (χ1n) is 7.39. The van der Waals surface area contributed by atoms with Gasteiger partial charge in [0.2, 0.25) is 0 Å². The van der Waals surface area contributed by atoms with Crippen molar-refractivity contribution in [1.82, 2.24) is 5.32 Å². The molecule has 1 aliphatic carbocycles. The second-order valence-corrected chi connectivity index (χ2v) is 5.61. The summed E-state index contributed by atoms with van der Waals surface area (Å²) in [4.78, 5) is 23.9. The Morgan fingerprint density at radius 3 is 2.45 bits per heavy atom. The first kappa shape index (κ1) is 14.4. The average Bonchev–Trinajstić information content (AvgIpc) is 3.22. The van der Waals surface area contributed by atoms with E-state index in [4.69, 9.17) is 4.42 Å². The summed E-state index contributed by atoms with van der Waals surface area (Å²) >= 11 is 0. The second kappa shape index (κ2) is 6.05. The number of anilines is 1. The van der Waals surface area contributed by atoms with Crippen LogP contribution in [-0.4, -0.2) is 17.9 Å². The smallest absolute Gasteiger partial charge is 0.291 e. The van der Waals surface area contributed by atoms with Crippen molar-refractivity contribution in [2.24, 2.45) is 5.92 Å². The third-order valence-corrected chi connectivity index (χ3v) is 3.84. The quantitative estimate of drug-likeness (QED) is 0.891. The minimum absolute atomic E-state index is 0.0803. The van der Waals surface area contributed by atoms with Gasteiger partial charge in [0.05, 0.1) is 6.26 Å². The number of carbonyl (C=O) groups excluding carboxylic acids is 2. The van der Waals surface area contributed by atoms with Crippen molar-refractivity contribution in [3.63, 3.8) is 0 Å². The largest absolute Gasteiger partial charge is 0.459 e. The Bertz CT molecular complexity index is 658. The molecular formula is C17H18N2O3. The summed E-state index contributed by atoms with van der Waals surface area (Å²) in [7, 11) is 0. The van der Waals surface area contributed by atoms with Crippen molar-refractivity contribution in [2.45, 2.75) is 25.8 Å². The predicted octanol–water partition coefficient (Wildman–Crippen LogP) is 3.06. The summed E-state index contributed by atoms with van der Waals surface area (Å²) in [6.07, 6.45) is 3.84. The fourth-order valence-electron chi connectivity index (χ4n) is 2.31. The van der Waals surface area contributed by atoms with Crippen LogP contribution in [0.5, 0.6) is 0 Å². The molecule has 0 bridgehead atoms. The summed E-state index contributed by atoms with van der Waals surface area (Å²) in [5.41, 5.74) is 1.21. The van der Waals surface area contributed by atoms with Gasteiger partial charge in [-0.3, -0.25) is 9.59 Å². The molecule has 1 unspecified atom stereocenters. The van der Waals surface area contributed by atoms with E-state index in [0.29, 0.717) is 17.2 Å². The van der Waals surface area contributed by atoms with E-state index in [1.54, 1.807) is 36.4 Å². The number of hydrogen-bond donors (Lipinski definition) is 2. The lowest BCUT2D eigenvalue weighted by Crippen LogP contribution is -2.33. The maximum atomic E-state index is 12.1. The van der Waals surface area contributed by atoms with Gasteiger partial charge in [0.15, 0.2) is 5.76 Å². The van der Waals surface area contributed by atoms with E-state index in [-0.39, 0.29) is 23.6 Å². The van der Waals surface area contributed by atoms with Crippen LogP contribution in [0.25, 0.3) is 0 Å². The molecule has 1 fully saturated rings. The standard InChI is InChI=1S/C17H18N2O3/c1-11(12-4-5-12)18-16(20)13-6-8-14(9-7-13)19-17(21)15-3-2-10-22-15/h2-3,6-12H,4-5H2,1H3,(H,18,20)(H,19,21). The Labute approximate surface area is 128 Å². The van der Waals surface area contributed by atoms with Crippen LogP contribution < -0.4 is 10.6 Å². The molecule has 0 saturated heterocycles. The number of carbonyl (C=O) groups is 2. The van der Waals surface area contributed by atoms with Gasteiger partial charge in [-0.2, -0.15) is 0 Å². The van der Waals surface area contributed by atoms with Gasteiger partial charge in [0.25, 0.3) is 11.8 Å². The minimum atomic E-state index is -0.315. The second-order valence-electron chi connectivity index (χ2n) is 5.61. The number of rotatable bonds is 5. The topological polar surface area (TPSA) is 71.3 Å². The van der Waals surface area contributed by atoms with Gasteiger partial charge in [0.1, 0.15) is 0 Å². The van der Waals surface area contributed by atoms with Crippen molar-refractivity contribution in [1.29, 1.82) is 0 Å². The minimum Gasteiger partial charge on any atom is -0.459 e. The molecular weight excluding hydrogens is 280 g/mol. The predicted molar refractivity (Wildman–Crippen MR) is 82.8 cm³/mol. The molecule has 2 aromatic rings. The van der Waals surface area contributed by atoms with Gasteiger partial charge >= 0.3 is 0 Å². The molecule has 1 saturated carbocycles. The summed E-state index contributed by atoms with van der Waals surface area (Å²) in [6.45, 7) is 2.04. The Morgan fingerprint density at radius 2 is 1.86 bits per heavy atom. The zero-order valence-electron chi connectivity index (χ0n) is 12.3. The number of hydrogen-bond acceptors (Lipinski definition) is 3. The summed E-state index contributed by atoms with van der Waals surface area (Å²) in [5, 5.41) is 5.71. The lowest BCUT2D eigenvalue weighted by atomic mass is 10.1. The molecule has 3 rings (SSSR count). The monoisotopic (exact) mass is 298 g/mol. The Kier molecular flexibility index (Phi) is 3.96. The average molecular weight is 298 g/mol. The summed E-state index contributed by atoms with van der Waals surface area (Å²) in [6, 6.07) is 10.3.